The van der Waals surface area contributed by atoms with E-state index in [0.717, 1.165) is 22.3 Å². The van der Waals surface area contributed by atoms with Gasteiger partial charge in [0.25, 0.3) is 0 Å². The fourth-order valence-corrected chi connectivity index (χ4v) is 3.41. The molecule has 1 aliphatic carbocycles. The summed E-state index contributed by atoms with van der Waals surface area (Å²) in [6.45, 7) is 5.76. The highest BCUT2D eigenvalue weighted by atomic mass is 16.4. The zero-order chi connectivity index (χ0) is 16.7. The largest absolute Gasteiger partial charge is 0.480 e. The van der Waals surface area contributed by atoms with E-state index in [2.05, 4.69) is 0 Å². The van der Waals surface area contributed by atoms with Crippen LogP contribution in [-0.2, 0) is 16.0 Å². The first-order chi connectivity index (χ1) is 10.2. The molecule has 1 fully saturated rings. The highest BCUT2D eigenvalue weighted by Crippen LogP contribution is 2.41. The van der Waals surface area contributed by atoms with Gasteiger partial charge in [0.05, 0.1) is 12.2 Å². The summed E-state index contributed by atoms with van der Waals surface area (Å²) in [5, 5.41) is 28.8. The van der Waals surface area contributed by atoms with Gasteiger partial charge >= 0.3 is 5.97 Å². The predicted octanol–water partition coefficient (Wildman–Crippen LogP) is 1.31. The summed E-state index contributed by atoms with van der Waals surface area (Å²) in [6, 6.07) is 3.92. The molecule has 1 saturated carbocycles. The fourth-order valence-electron chi connectivity index (χ4n) is 3.41. The highest BCUT2D eigenvalue weighted by Gasteiger charge is 2.54. The van der Waals surface area contributed by atoms with Crippen LogP contribution in [0.2, 0.25) is 0 Å². The summed E-state index contributed by atoms with van der Waals surface area (Å²) in [7, 11) is 0. The molecule has 0 aliphatic heterocycles. The maximum atomic E-state index is 12.7. The average Bonchev–Trinajstić information content (AvgIpc) is 2.71. The number of aliphatic carboxylic acids is 1. The summed E-state index contributed by atoms with van der Waals surface area (Å²) in [4.78, 5) is 24.3. The second kappa shape index (κ2) is 5.82. The van der Waals surface area contributed by atoms with Crippen LogP contribution in [0, 0.1) is 26.2 Å². The van der Waals surface area contributed by atoms with E-state index in [4.69, 9.17) is 0 Å². The van der Waals surface area contributed by atoms with Gasteiger partial charge in [-0.1, -0.05) is 17.7 Å². The summed E-state index contributed by atoms with van der Waals surface area (Å²) in [5.74, 6) is -1.72. The molecular weight excluding hydrogens is 284 g/mol. The Morgan fingerprint density at radius 2 is 1.55 bits per heavy atom. The number of carbonyl (C=O) groups excluding carboxylic acids is 1. The molecule has 0 amide bonds. The molecule has 2 atom stereocenters. The number of aryl methyl sites for hydroxylation is 3. The van der Waals surface area contributed by atoms with Gasteiger partial charge in [-0.15, -0.1) is 0 Å². The van der Waals surface area contributed by atoms with E-state index >= 15 is 0 Å². The minimum absolute atomic E-state index is 0.00366. The third kappa shape index (κ3) is 2.78. The summed E-state index contributed by atoms with van der Waals surface area (Å²) >= 11 is 0. The lowest BCUT2D eigenvalue weighted by atomic mass is 9.78. The second-order valence-electron chi connectivity index (χ2n) is 6.41. The number of carbonyl (C=O) groups is 2. The van der Waals surface area contributed by atoms with Crippen molar-refractivity contribution in [2.24, 2.45) is 5.41 Å². The van der Waals surface area contributed by atoms with Crippen LogP contribution in [0.25, 0.3) is 0 Å². The van der Waals surface area contributed by atoms with E-state index in [-0.39, 0.29) is 19.3 Å². The van der Waals surface area contributed by atoms with Gasteiger partial charge in [0.2, 0.25) is 0 Å². The number of aliphatic hydroxyl groups excluding tert-OH is 2. The normalized spacial score (nSPS) is 27.9. The molecular formula is C17H22O5. The van der Waals surface area contributed by atoms with Gasteiger partial charge in [-0.3, -0.25) is 9.59 Å². The van der Waals surface area contributed by atoms with Gasteiger partial charge in [0, 0.05) is 6.42 Å². The van der Waals surface area contributed by atoms with Crippen LogP contribution in [-0.4, -0.2) is 39.3 Å². The Morgan fingerprint density at radius 1 is 1.09 bits per heavy atom. The van der Waals surface area contributed by atoms with Gasteiger partial charge in [0.1, 0.15) is 5.41 Å². The molecule has 1 aromatic rings. The Kier molecular flexibility index (Phi) is 4.40. The number of benzene rings is 1. The van der Waals surface area contributed by atoms with Crippen LogP contribution in [0.15, 0.2) is 12.1 Å². The third-order valence-corrected chi connectivity index (χ3v) is 4.68. The molecule has 2 unspecified atom stereocenters. The van der Waals surface area contributed by atoms with Crippen LogP contribution in [0.5, 0.6) is 0 Å². The molecule has 0 radical (unpaired) electrons. The monoisotopic (exact) mass is 306 g/mol. The standard InChI is InChI=1S/C17H22O5/c1-9-4-10(2)12(11(3)5-9)6-15(20)17(16(21)22)7-13(18)14(19)8-17/h4-5,13-14,18-19H,6-8H2,1-3H3,(H,21,22). The molecule has 0 aromatic heterocycles. The van der Waals surface area contributed by atoms with Crippen molar-refractivity contribution in [3.8, 4) is 0 Å². The predicted molar refractivity (Wildman–Crippen MR) is 80.7 cm³/mol. The Bertz CT molecular complexity index is 586. The first-order valence-electron chi connectivity index (χ1n) is 7.37. The van der Waals surface area contributed by atoms with Crippen LogP contribution in [0.4, 0.5) is 0 Å². The average molecular weight is 306 g/mol. The van der Waals surface area contributed by atoms with Crippen molar-refractivity contribution in [2.75, 3.05) is 0 Å². The molecule has 0 spiro atoms. The Balaban J connectivity index is 2.33. The van der Waals surface area contributed by atoms with E-state index in [9.17, 15) is 24.9 Å². The zero-order valence-electron chi connectivity index (χ0n) is 13.1. The smallest absolute Gasteiger partial charge is 0.317 e. The SMILES string of the molecule is Cc1cc(C)c(CC(=O)C2(C(=O)O)CC(O)C(O)C2)c(C)c1. The molecule has 0 heterocycles. The number of rotatable bonds is 4. The molecule has 5 nitrogen and oxygen atoms in total. The topological polar surface area (TPSA) is 94.8 Å². The Labute approximate surface area is 129 Å². The van der Waals surface area contributed by atoms with Crippen LogP contribution < -0.4 is 0 Å². The number of hydrogen-bond donors (Lipinski definition) is 3. The van der Waals surface area contributed by atoms with Crippen molar-refractivity contribution in [1.82, 2.24) is 0 Å². The molecule has 0 saturated heterocycles. The lowest BCUT2D eigenvalue weighted by Crippen LogP contribution is -2.39. The molecule has 2 rings (SSSR count). The summed E-state index contributed by atoms with van der Waals surface area (Å²) < 4.78 is 0. The molecule has 1 aliphatic rings. The third-order valence-electron chi connectivity index (χ3n) is 4.68. The lowest BCUT2D eigenvalue weighted by Gasteiger charge is -2.23. The van der Waals surface area contributed by atoms with Gasteiger partial charge in [-0.2, -0.15) is 0 Å². The van der Waals surface area contributed by atoms with Crippen molar-refractivity contribution in [3.05, 3.63) is 34.4 Å². The minimum atomic E-state index is -1.69. The molecule has 3 N–H and O–H groups in total. The number of ketones is 1. The number of hydrogen-bond acceptors (Lipinski definition) is 4. The molecule has 0 bridgehead atoms. The summed E-state index contributed by atoms with van der Waals surface area (Å²) in [5.41, 5.74) is 2.12. The van der Waals surface area contributed by atoms with Crippen molar-refractivity contribution >= 4 is 11.8 Å². The van der Waals surface area contributed by atoms with E-state index < -0.39 is 29.4 Å². The first-order valence-corrected chi connectivity index (χ1v) is 7.37. The molecule has 22 heavy (non-hydrogen) atoms. The van der Waals surface area contributed by atoms with E-state index in [1.807, 2.05) is 32.9 Å². The quantitative estimate of drug-likeness (QED) is 0.729. The Hall–Kier alpha value is -1.72. The van der Waals surface area contributed by atoms with E-state index in [0.29, 0.717) is 0 Å². The van der Waals surface area contributed by atoms with Crippen LogP contribution in [0.3, 0.4) is 0 Å². The number of carboxylic acid groups (broad SMARTS) is 1. The number of Topliss-reactive ketones (excluding diaryl/α,β-unsaturated/α-hetero) is 1. The molecule has 120 valence electrons. The number of carboxylic acids is 1. The van der Waals surface area contributed by atoms with Gasteiger partial charge in [-0.25, -0.2) is 0 Å². The van der Waals surface area contributed by atoms with Crippen molar-refractivity contribution in [2.45, 2.75) is 52.2 Å². The second-order valence-corrected chi connectivity index (χ2v) is 6.41. The maximum absolute atomic E-state index is 12.7. The zero-order valence-corrected chi connectivity index (χ0v) is 13.1. The van der Waals surface area contributed by atoms with Gasteiger partial charge < -0.3 is 15.3 Å². The van der Waals surface area contributed by atoms with Crippen molar-refractivity contribution < 1.29 is 24.9 Å². The first kappa shape index (κ1) is 16.6. The molecule has 5 heteroatoms. The van der Waals surface area contributed by atoms with Crippen molar-refractivity contribution in [1.29, 1.82) is 0 Å². The maximum Gasteiger partial charge on any atom is 0.317 e. The van der Waals surface area contributed by atoms with Crippen LogP contribution in [0.1, 0.15) is 35.1 Å². The van der Waals surface area contributed by atoms with Crippen LogP contribution >= 0.6 is 0 Å². The van der Waals surface area contributed by atoms with Gasteiger partial charge in [-0.05, 0) is 50.3 Å². The minimum Gasteiger partial charge on any atom is -0.480 e. The highest BCUT2D eigenvalue weighted by molar-refractivity contribution is 6.04. The van der Waals surface area contributed by atoms with E-state index in [1.165, 1.54) is 0 Å². The molecule has 1 aromatic carbocycles. The van der Waals surface area contributed by atoms with E-state index in [1.54, 1.807) is 0 Å². The fraction of sp³-hybridized carbons (Fsp3) is 0.529. The lowest BCUT2D eigenvalue weighted by molar-refractivity contribution is -0.155. The Morgan fingerprint density at radius 3 is 1.95 bits per heavy atom. The summed E-state index contributed by atoms with van der Waals surface area (Å²) in [6.07, 6.45) is -2.79. The van der Waals surface area contributed by atoms with Crippen molar-refractivity contribution in [3.63, 3.8) is 0 Å². The van der Waals surface area contributed by atoms with Gasteiger partial charge in [0.15, 0.2) is 5.78 Å². The number of aliphatic hydroxyl groups is 2.